The number of methoxy groups -OCH3 is 2. The Morgan fingerprint density at radius 2 is 1.52 bits per heavy atom. The third-order valence-corrected chi connectivity index (χ3v) is 4.26. The lowest BCUT2D eigenvalue weighted by atomic mass is 9.84. The standard InChI is InChI=1S/C16H11BrO4/c1-20-11-7-10-12(13(17)16(11)21-2)15(19)9-6-4-3-5-8(9)14(10)18/h3-7H,1-2H3. The molecule has 21 heavy (non-hydrogen) atoms. The van der Waals surface area contributed by atoms with Crippen LogP contribution in [0.1, 0.15) is 31.8 Å². The van der Waals surface area contributed by atoms with Gasteiger partial charge in [0.1, 0.15) is 0 Å². The summed E-state index contributed by atoms with van der Waals surface area (Å²) in [4.78, 5) is 25.3. The molecule has 0 saturated heterocycles. The minimum atomic E-state index is -0.201. The number of ether oxygens (including phenoxy) is 2. The molecule has 1 aliphatic rings. The van der Waals surface area contributed by atoms with Gasteiger partial charge in [-0.2, -0.15) is 0 Å². The first-order valence-electron chi connectivity index (χ1n) is 6.23. The van der Waals surface area contributed by atoms with Gasteiger partial charge in [-0.15, -0.1) is 0 Å². The summed E-state index contributed by atoms with van der Waals surface area (Å²) in [6, 6.07) is 8.34. The fourth-order valence-corrected chi connectivity index (χ4v) is 3.26. The Kier molecular flexibility index (Phi) is 3.29. The van der Waals surface area contributed by atoms with Crippen molar-refractivity contribution in [3.8, 4) is 11.5 Å². The van der Waals surface area contributed by atoms with E-state index in [2.05, 4.69) is 15.9 Å². The number of carbonyl (C=O) groups excluding carboxylic acids is 2. The van der Waals surface area contributed by atoms with Gasteiger partial charge in [0.2, 0.25) is 0 Å². The molecular weight excluding hydrogens is 336 g/mol. The Morgan fingerprint density at radius 3 is 2.10 bits per heavy atom. The maximum atomic E-state index is 12.7. The molecule has 0 N–H and O–H groups in total. The molecule has 0 amide bonds. The molecule has 2 aromatic carbocycles. The van der Waals surface area contributed by atoms with Crippen LogP contribution in [-0.4, -0.2) is 25.8 Å². The van der Waals surface area contributed by atoms with Crippen LogP contribution in [0.15, 0.2) is 34.8 Å². The highest BCUT2D eigenvalue weighted by molar-refractivity contribution is 9.10. The van der Waals surface area contributed by atoms with Crippen molar-refractivity contribution >= 4 is 27.5 Å². The summed E-state index contributed by atoms with van der Waals surface area (Å²) in [7, 11) is 2.97. The fourth-order valence-electron chi connectivity index (χ4n) is 2.51. The Hall–Kier alpha value is -2.14. The molecule has 2 aromatic rings. The second kappa shape index (κ2) is 5.00. The highest BCUT2D eigenvalue weighted by atomic mass is 79.9. The summed E-state index contributed by atoms with van der Waals surface area (Å²) in [5, 5.41) is 0. The van der Waals surface area contributed by atoms with Crippen molar-refractivity contribution in [2.24, 2.45) is 0 Å². The molecule has 0 atom stereocenters. The molecule has 0 spiro atoms. The second-order valence-electron chi connectivity index (χ2n) is 4.55. The third kappa shape index (κ3) is 1.88. The van der Waals surface area contributed by atoms with Gasteiger partial charge < -0.3 is 9.47 Å². The summed E-state index contributed by atoms with van der Waals surface area (Å²) in [5.41, 5.74) is 1.46. The normalized spacial score (nSPS) is 12.7. The molecule has 0 fully saturated rings. The van der Waals surface area contributed by atoms with Gasteiger partial charge in [-0.3, -0.25) is 9.59 Å². The highest BCUT2D eigenvalue weighted by Crippen LogP contribution is 2.43. The number of fused-ring (bicyclic) bond motifs is 2. The van der Waals surface area contributed by atoms with Gasteiger partial charge in [0, 0.05) is 16.7 Å². The van der Waals surface area contributed by atoms with Crippen molar-refractivity contribution in [3.63, 3.8) is 0 Å². The molecule has 0 radical (unpaired) electrons. The molecule has 0 bridgehead atoms. The molecular formula is C16H11BrO4. The van der Waals surface area contributed by atoms with E-state index >= 15 is 0 Å². The minimum Gasteiger partial charge on any atom is -0.493 e. The monoisotopic (exact) mass is 346 g/mol. The molecule has 106 valence electrons. The molecule has 0 unspecified atom stereocenters. The van der Waals surface area contributed by atoms with Crippen LogP contribution in [0, 0.1) is 0 Å². The van der Waals surface area contributed by atoms with Crippen LogP contribution in [0.5, 0.6) is 11.5 Å². The fraction of sp³-hybridized carbons (Fsp3) is 0.125. The van der Waals surface area contributed by atoms with Gasteiger partial charge in [0.05, 0.1) is 24.3 Å². The zero-order chi connectivity index (χ0) is 15.1. The predicted molar refractivity (Wildman–Crippen MR) is 80.6 cm³/mol. The van der Waals surface area contributed by atoms with Crippen molar-refractivity contribution in [2.45, 2.75) is 0 Å². The first-order chi connectivity index (χ1) is 10.1. The van der Waals surface area contributed by atoms with Gasteiger partial charge >= 0.3 is 0 Å². The van der Waals surface area contributed by atoms with Crippen LogP contribution in [-0.2, 0) is 0 Å². The first-order valence-corrected chi connectivity index (χ1v) is 7.02. The topological polar surface area (TPSA) is 52.6 Å². The number of halogens is 1. The number of ketones is 2. The van der Waals surface area contributed by atoms with Crippen LogP contribution in [0.3, 0.4) is 0 Å². The summed E-state index contributed by atoms with van der Waals surface area (Å²) >= 11 is 3.36. The van der Waals surface area contributed by atoms with Gasteiger partial charge in [0.15, 0.2) is 23.1 Å². The predicted octanol–water partition coefficient (Wildman–Crippen LogP) is 3.24. The number of carbonyl (C=O) groups is 2. The van der Waals surface area contributed by atoms with E-state index in [4.69, 9.17) is 9.47 Å². The van der Waals surface area contributed by atoms with Crippen LogP contribution in [0.2, 0.25) is 0 Å². The summed E-state index contributed by atoms with van der Waals surface area (Å²) < 4.78 is 10.9. The summed E-state index contributed by atoms with van der Waals surface area (Å²) in [6.07, 6.45) is 0. The molecule has 0 aromatic heterocycles. The average molecular weight is 347 g/mol. The molecule has 4 nitrogen and oxygen atoms in total. The lowest BCUT2D eigenvalue weighted by molar-refractivity contribution is 0.0978. The van der Waals surface area contributed by atoms with Crippen molar-refractivity contribution in [1.29, 1.82) is 0 Å². The van der Waals surface area contributed by atoms with Crippen molar-refractivity contribution in [1.82, 2.24) is 0 Å². The molecule has 5 heteroatoms. The van der Waals surface area contributed by atoms with E-state index in [0.717, 1.165) is 0 Å². The van der Waals surface area contributed by atoms with E-state index in [1.165, 1.54) is 14.2 Å². The smallest absolute Gasteiger partial charge is 0.195 e. The van der Waals surface area contributed by atoms with E-state index in [9.17, 15) is 9.59 Å². The van der Waals surface area contributed by atoms with E-state index in [0.29, 0.717) is 38.2 Å². The zero-order valence-corrected chi connectivity index (χ0v) is 13.0. The average Bonchev–Trinajstić information content (AvgIpc) is 2.51. The Bertz CT molecular complexity index is 780. The van der Waals surface area contributed by atoms with Crippen molar-refractivity contribution in [2.75, 3.05) is 14.2 Å². The largest absolute Gasteiger partial charge is 0.493 e. The van der Waals surface area contributed by atoms with Crippen molar-refractivity contribution < 1.29 is 19.1 Å². The number of benzene rings is 2. The maximum absolute atomic E-state index is 12.7. The second-order valence-corrected chi connectivity index (χ2v) is 5.35. The molecule has 0 aliphatic heterocycles. The molecule has 3 rings (SSSR count). The zero-order valence-electron chi connectivity index (χ0n) is 11.4. The first kappa shape index (κ1) is 13.8. The lowest BCUT2D eigenvalue weighted by Gasteiger charge is -2.21. The van der Waals surface area contributed by atoms with E-state index in [1.54, 1.807) is 30.3 Å². The number of rotatable bonds is 2. The van der Waals surface area contributed by atoms with Gasteiger partial charge in [-0.05, 0) is 22.0 Å². The van der Waals surface area contributed by atoms with E-state index in [1.807, 2.05) is 0 Å². The Labute approximate surface area is 129 Å². The minimum absolute atomic E-state index is 0.193. The van der Waals surface area contributed by atoms with Crippen LogP contribution in [0.4, 0.5) is 0 Å². The van der Waals surface area contributed by atoms with Gasteiger partial charge in [-0.1, -0.05) is 24.3 Å². The van der Waals surface area contributed by atoms with Crippen molar-refractivity contribution in [3.05, 3.63) is 57.1 Å². The molecule has 1 aliphatic carbocycles. The van der Waals surface area contributed by atoms with E-state index < -0.39 is 0 Å². The summed E-state index contributed by atoms with van der Waals surface area (Å²) in [6.45, 7) is 0. The lowest BCUT2D eigenvalue weighted by Crippen LogP contribution is -2.21. The highest BCUT2D eigenvalue weighted by Gasteiger charge is 2.33. The van der Waals surface area contributed by atoms with Crippen LogP contribution in [0.25, 0.3) is 0 Å². The third-order valence-electron chi connectivity index (χ3n) is 3.50. The van der Waals surface area contributed by atoms with Crippen LogP contribution >= 0.6 is 15.9 Å². The molecule has 0 saturated carbocycles. The quantitative estimate of drug-likeness (QED) is 0.714. The summed E-state index contributed by atoms with van der Waals surface area (Å²) in [5.74, 6) is 0.412. The van der Waals surface area contributed by atoms with Gasteiger partial charge in [0.25, 0.3) is 0 Å². The maximum Gasteiger partial charge on any atom is 0.195 e. The van der Waals surface area contributed by atoms with Gasteiger partial charge in [-0.25, -0.2) is 0 Å². The molecule has 0 heterocycles. The SMILES string of the molecule is COc1cc2c(c(Br)c1OC)C(=O)c1ccccc1C2=O. The van der Waals surface area contributed by atoms with E-state index in [-0.39, 0.29) is 11.6 Å². The Morgan fingerprint density at radius 1 is 0.905 bits per heavy atom. The Balaban J connectivity index is 2.35. The van der Waals surface area contributed by atoms with Crippen LogP contribution < -0.4 is 9.47 Å². The number of hydrogen-bond acceptors (Lipinski definition) is 4. The number of hydrogen-bond donors (Lipinski definition) is 0.